The molecule has 0 radical (unpaired) electrons. The summed E-state index contributed by atoms with van der Waals surface area (Å²) in [6, 6.07) is 18.6. The standard InChI is InChI=1S/C23H27NO/c1-17-11-12-23(25-2)22(13-17)19-14-20-9-6-10-21(15-19)24(20)16-18-7-4-3-5-8-18/h3-5,7-8,11-14,20-21H,6,9-10,15-16H2,1-2H3. The summed E-state index contributed by atoms with van der Waals surface area (Å²) in [4.78, 5) is 2.71. The fourth-order valence-electron chi connectivity index (χ4n) is 4.43. The van der Waals surface area contributed by atoms with E-state index in [1.807, 2.05) is 0 Å². The molecule has 4 rings (SSSR count). The summed E-state index contributed by atoms with van der Waals surface area (Å²) in [5.41, 5.74) is 5.48. The quantitative estimate of drug-likeness (QED) is 0.761. The average molecular weight is 333 g/mol. The predicted octanol–water partition coefficient (Wildman–Crippen LogP) is 5.21. The van der Waals surface area contributed by atoms with Crippen LogP contribution in [0.1, 0.15) is 42.4 Å². The molecule has 2 atom stereocenters. The number of ether oxygens (including phenoxy) is 1. The van der Waals surface area contributed by atoms with Gasteiger partial charge in [0.2, 0.25) is 0 Å². The smallest absolute Gasteiger partial charge is 0.126 e. The number of fused-ring (bicyclic) bond motifs is 2. The molecule has 2 aromatic rings. The van der Waals surface area contributed by atoms with Crippen LogP contribution >= 0.6 is 0 Å². The molecule has 2 aliphatic heterocycles. The van der Waals surface area contributed by atoms with Gasteiger partial charge in [0.25, 0.3) is 0 Å². The minimum absolute atomic E-state index is 0.549. The van der Waals surface area contributed by atoms with E-state index < -0.39 is 0 Å². The topological polar surface area (TPSA) is 12.5 Å². The van der Waals surface area contributed by atoms with Crippen LogP contribution in [0.3, 0.4) is 0 Å². The third kappa shape index (κ3) is 3.36. The van der Waals surface area contributed by atoms with Crippen molar-refractivity contribution in [2.75, 3.05) is 7.11 Å². The molecule has 2 bridgehead atoms. The Morgan fingerprint density at radius 1 is 1.08 bits per heavy atom. The van der Waals surface area contributed by atoms with Gasteiger partial charge in [-0.05, 0) is 49.5 Å². The van der Waals surface area contributed by atoms with E-state index in [2.05, 4.69) is 66.4 Å². The van der Waals surface area contributed by atoms with E-state index in [0.717, 1.165) is 18.7 Å². The Morgan fingerprint density at radius 3 is 2.68 bits per heavy atom. The van der Waals surface area contributed by atoms with Crippen molar-refractivity contribution >= 4 is 5.57 Å². The molecule has 0 N–H and O–H groups in total. The van der Waals surface area contributed by atoms with Gasteiger partial charge in [-0.2, -0.15) is 0 Å². The summed E-state index contributed by atoms with van der Waals surface area (Å²) < 4.78 is 5.64. The monoisotopic (exact) mass is 333 g/mol. The maximum absolute atomic E-state index is 5.64. The second kappa shape index (κ2) is 7.05. The summed E-state index contributed by atoms with van der Waals surface area (Å²) in [6.07, 6.45) is 7.55. The highest BCUT2D eigenvalue weighted by Crippen LogP contribution is 2.40. The van der Waals surface area contributed by atoms with Crippen molar-refractivity contribution < 1.29 is 4.74 Å². The summed E-state index contributed by atoms with van der Waals surface area (Å²) >= 11 is 0. The van der Waals surface area contributed by atoms with E-state index in [1.165, 1.54) is 41.5 Å². The minimum atomic E-state index is 0.549. The Balaban J connectivity index is 1.64. The zero-order chi connectivity index (χ0) is 17.2. The lowest BCUT2D eigenvalue weighted by atomic mass is 9.82. The highest BCUT2D eigenvalue weighted by atomic mass is 16.5. The fraction of sp³-hybridized carbons (Fsp3) is 0.391. The molecular weight excluding hydrogens is 306 g/mol. The van der Waals surface area contributed by atoms with E-state index >= 15 is 0 Å². The molecule has 1 saturated heterocycles. The van der Waals surface area contributed by atoms with Crippen molar-refractivity contribution in [2.24, 2.45) is 0 Å². The summed E-state index contributed by atoms with van der Waals surface area (Å²) in [5, 5.41) is 0. The zero-order valence-corrected chi connectivity index (χ0v) is 15.2. The molecule has 2 aromatic carbocycles. The molecule has 2 unspecified atom stereocenters. The van der Waals surface area contributed by atoms with Gasteiger partial charge >= 0.3 is 0 Å². The molecule has 0 amide bonds. The number of nitrogens with zero attached hydrogens (tertiary/aromatic N) is 1. The number of benzene rings is 2. The van der Waals surface area contributed by atoms with Crippen LogP contribution < -0.4 is 4.74 Å². The van der Waals surface area contributed by atoms with Crippen molar-refractivity contribution in [3.63, 3.8) is 0 Å². The molecule has 2 heterocycles. The predicted molar refractivity (Wildman–Crippen MR) is 104 cm³/mol. The molecule has 2 nitrogen and oxygen atoms in total. The Bertz CT molecular complexity index is 765. The number of methoxy groups -OCH3 is 1. The van der Waals surface area contributed by atoms with Gasteiger partial charge in [0.05, 0.1) is 7.11 Å². The van der Waals surface area contributed by atoms with Crippen LogP contribution in [-0.2, 0) is 6.54 Å². The van der Waals surface area contributed by atoms with Gasteiger partial charge in [0.1, 0.15) is 5.75 Å². The largest absolute Gasteiger partial charge is 0.496 e. The average Bonchev–Trinajstić information content (AvgIpc) is 2.62. The maximum atomic E-state index is 5.64. The number of hydrogen-bond donors (Lipinski definition) is 0. The lowest BCUT2D eigenvalue weighted by molar-refractivity contribution is 0.0951. The van der Waals surface area contributed by atoms with E-state index in [4.69, 9.17) is 4.74 Å². The fourth-order valence-corrected chi connectivity index (χ4v) is 4.43. The third-order valence-electron chi connectivity index (χ3n) is 5.69. The van der Waals surface area contributed by atoms with Crippen LogP contribution in [0.5, 0.6) is 5.75 Å². The second-order valence-corrected chi connectivity index (χ2v) is 7.41. The number of piperidine rings is 1. The van der Waals surface area contributed by atoms with Crippen LogP contribution in [0, 0.1) is 6.92 Å². The lowest BCUT2D eigenvalue weighted by Crippen LogP contribution is -2.47. The molecule has 2 heteroatoms. The van der Waals surface area contributed by atoms with Gasteiger partial charge in [-0.3, -0.25) is 4.90 Å². The van der Waals surface area contributed by atoms with Crippen molar-refractivity contribution in [3.05, 3.63) is 71.3 Å². The van der Waals surface area contributed by atoms with Gasteiger partial charge in [-0.1, -0.05) is 54.5 Å². The first-order valence-corrected chi connectivity index (χ1v) is 9.40. The van der Waals surface area contributed by atoms with Gasteiger partial charge in [0, 0.05) is 24.2 Å². The zero-order valence-electron chi connectivity index (χ0n) is 15.2. The summed E-state index contributed by atoms with van der Waals surface area (Å²) in [6.45, 7) is 3.22. The summed E-state index contributed by atoms with van der Waals surface area (Å²) in [5.74, 6) is 1.01. The Hall–Kier alpha value is -2.06. The van der Waals surface area contributed by atoms with Gasteiger partial charge in [-0.15, -0.1) is 0 Å². The Kier molecular flexibility index (Phi) is 4.63. The molecule has 0 aliphatic carbocycles. The second-order valence-electron chi connectivity index (χ2n) is 7.41. The van der Waals surface area contributed by atoms with Gasteiger partial charge < -0.3 is 4.74 Å². The van der Waals surface area contributed by atoms with Crippen molar-refractivity contribution in [1.29, 1.82) is 0 Å². The molecule has 0 spiro atoms. The van der Waals surface area contributed by atoms with Crippen LogP contribution in [0.15, 0.2) is 54.6 Å². The first-order valence-electron chi connectivity index (χ1n) is 9.40. The van der Waals surface area contributed by atoms with Crippen LogP contribution in [-0.4, -0.2) is 24.1 Å². The van der Waals surface area contributed by atoms with Crippen LogP contribution in [0.2, 0.25) is 0 Å². The molecule has 2 aliphatic rings. The van der Waals surface area contributed by atoms with Gasteiger partial charge in [0.15, 0.2) is 0 Å². The Labute approximate surface area is 151 Å². The van der Waals surface area contributed by atoms with Gasteiger partial charge in [-0.25, -0.2) is 0 Å². The molecule has 25 heavy (non-hydrogen) atoms. The van der Waals surface area contributed by atoms with Crippen molar-refractivity contribution in [2.45, 2.75) is 51.2 Å². The Morgan fingerprint density at radius 2 is 1.92 bits per heavy atom. The van der Waals surface area contributed by atoms with Crippen LogP contribution in [0.4, 0.5) is 0 Å². The van der Waals surface area contributed by atoms with E-state index in [-0.39, 0.29) is 0 Å². The first kappa shape index (κ1) is 16.4. The lowest BCUT2D eigenvalue weighted by Gasteiger charge is -2.45. The SMILES string of the molecule is COc1ccc(C)cc1C1=CC2CCCC(C1)N2Cc1ccccc1. The number of rotatable bonds is 4. The molecule has 130 valence electrons. The third-order valence-corrected chi connectivity index (χ3v) is 5.69. The number of hydrogen-bond acceptors (Lipinski definition) is 2. The minimum Gasteiger partial charge on any atom is -0.496 e. The highest BCUT2D eigenvalue weighted by Gasteiger charge is 2.34. The number of aryl methyl sites for hydroxylation is 1. The normalized spacial score (nSPS) is 23.2. The van der Waals surface area contributed by atoms with Crippen molar-refractivity contribution in [3.8, 4) is 5.75 Å². The maximum Gasteiger partial charge on any atom is 0.126 e. The van der Waals surface area contributed by atoms with Crippen molar-refractivity contribution in [1.82, 2.24) is 4.90 Å². The van der Waals surface area contributed by atoms with E-state index in [0.29, 0.717) is 12.1 Å². The van der Waals surface area contributed by atoms with E-state index in [9.17, 15) is 0 Å². The van der Waals surface area contributed by atoms with Crippen LogP contribution in [0.25, 0.3) is 5.57 Å². The molecule has 0 aromatic heterocycles. The molecule has 0 saturated carbocycles. The molecular formula is C23H27NO. The highest BCUT2D eigenvalue weighted by molar-refractivity contribution is 5.73. The molecule has 1 fully saturated rings. The summed E-state index contributed by atoms with van der Waals surface area (Å²) in [7, 11) is 1.78. The first-order chi connectivity index (χ1) is 12.2. The van der Waals surface area contributed by atoms with E-state index in [1.54, 1.807) is 7.11 Å².